The fourth-order valence-corrected chi connectivity index (χ4v) is 1.94. The summed E-state index contributed by atoms with van der Waals surface area (Å²) in [7, 11) is 0. The summed E-state index contributed by atoms with van der Waals surface area (Å²) in [4.78, 5) is 13.6. The molecule has 19 heavy (non-hydrogen) atoms. The Morgan fingerprint density at radius 2 is 2.05 bits per heavy atom. The highest BCUT2D eigenvalue weighted by molar-refractivity contribution is 9.10. The van der Waals surface area contributed by atoms with Gasteiger partial charge in [-0.1, -0.05) is 15.9 Å². The molecular formula is C14H21BrN2O2. The number of carbonyl (C=O) groups is 1. The number of halogens is 1. The lowest BCUT2D eigenvalue weighted by molar-refractivity contribution is -0.131. The average Bonchev–Trinajstić information content (AvgIpc) is 2.43. The van der Waals surface area contributed by atoms with Gasteiger partial charge in [-0.15, -0.1) is 0 Å². The molecule has 0 fully saturated rings. The van der Waals surface area contributed by atoms with Crippen LogP contribution in [0.15, 0.2) is 28.7 Å². The van der Waals surface area contributed by atoms with Crippen LogP contribution in [0, 0.1) is 0 Å². The molecule has 106 valence electrons. The van der Waals surface area contributed by atoms with Crippen molar-refractivity contribution in [3.8, 4) is 5.75 Å². The van der Waals surface area contributed by atoms with E-state index in [1.807, 2.05) is 31.2 Å². The first kappa shape index (κ1) is 16.0. The maximum atomic E-state index is 11.8. The zero-order valence-corrected chi connectivity index (χ0v) is 12.9. The Hall–Kier alpha value is -1.07. The molecule has 0 bridgehead atoms. The van der Waals surface area contributed by atoms with Crippen molar-refractivity contribution >= 4 is 21.8 Å². The third-order valence-corrected chi connectivity index (χ3v) is 3.30. The summed E-state index contributed by atoms with van der Waals surface area (Å²) in [6.07, 6.45) is 1.26. The van der Waals surface area contributed by atoms with E-state index in [1.165, 1.54) is 0 Å². The molecule has 0 aliphatic rings. The maximum absolute atomic E-state index is 11.8. The molecule has 0 atom stereocenters. The normalized spacial score (nSPS) is 10.3. The molecule has 0 saturated carbocycles. The summed E-state index contributed by atoms with van der Waals surface area (Å²) in [5, 5.41) is 0. The highest BCUT2D eigenvalue weighted by atomic mass is 79.9. The van der Waals surface area contributed by atoms with Gasteiger partial charge in [0.15, 0.2) is 0 Å². The van der Waals surface area contributed by atoms with Crippen molar-refractivity contribution in [1.29, 1.82) is 0 Å². The number of likely N-dealkylation sites (N-methyl/N-ethyl adjacent to an activating group) is 1. The van der Waals surface area contributed by atoms with Crippen molar-refractivity contribution < 1.29 is 9.53 Å². The predicted molar refractivity (Wildman–Crippen MR) is 80.2 cm³/mol. The van der Waals surface area contributed by atoms with E-state index in [2.05, 4.69) is 15.9 Å². The lowest BCUT2D eigenvalue weighted by Gasteiger charge is -2.21. The van der Waals surface area contributed by atoms with Crippen molar-refractivity contribution in [3.05, 3.63) is 28.7 Å². The molecule has 4 nitrogen and oxygen atoms in total. The highest BCUT2D eigenvalue weighted by Crippen LogP contribution is 2.15. The van der Waals surface area contributed by atoms with E-state index in [1.54, 1.807) is 4.90 Å². The Balaban J connectivity index is 2.33. The fourth-order valence-electron chi connectivity index (χ4n) is 1.68. The van der Waals surface area contributed by atoms with Gasteiger partial charge in [-0.05, 0) is 44.2 Å². The Bertz CT molecular complexity index is 382. The van der Waals surface area contributed by atoms with Gasteiger partial charge in [0.25, 0.3) is 0 Å². The molecule has 2 N–H and O–H groups in total. The molecule has 0 radical (unpaired) electrons. The number of rotatable bonds is 8. The Labute approximate surface area is 123 Å². The van der Waals surface area contributed by atoms with Gasteiger partial charge in [0, 0.05) is 17.4 Å². The first-order valence-corrected chi connectivity index (χ1v) is 7.33. The Morgan fingerprint density at radius 1 is 1.37 bits per heavy atom. The maximum Gasteiger partial charge on any atom is 0.222 e. The van der Waals surface area contributed by atoms with Gasteiger partial charge in [-0.2, -0.15) is 0 Å². The minimum absolute atomic E-state index is 0.146. The van der Waals surface area contributed by atoms with Crippen molar-refractivity contribution in [2.75, 3.05) is 26.2 Å². The van der Waals surface area contributed by atoms with Gasteiger partial charge in [-0.3, -0.25) is 4.79 Å². The van der Waals surface area contributed by atoms with Crippen LogP contribution in [0.1, 0.15) is 19.8 Å². The quantitative estimate of drug-likeness (QED) is 0.797. The molecule has 1 aromatic rings. The van der Waals surface area contributed by atoms with Crippen LogP contribution in [0.5, 0.6) is 5.75 Å². The molecule has 1 amide bonds. The summed E-state index contributed by atoms with van der Waals surface area (Å²) in [5.74, 6) is 0.959. The van der Waals surface area contributed by atoms with Gasteiger partial charge in [0.05, 0.1) is 6.54 Å². The van der Waals surface area contributed by atoms with Gasteiger partial charge in [0.2, 0.25) is 5.91 Å². The SMILES string of the molecule is CCN(CCOc1ccc(Br)cc1)C(=O)CCCN. The van der Waals surface area contributed by atoms with Crippen LogP contribution in [0.25, 0.3) is 0 Å². The van der Waals surface area contributed by atoms with Crippen LogP contribution in [-0.2, 0) is 4.79 Å². The largest absolute Gasteiger partial charge is 0.492 e. The van der Waals surface area contributed by atoms with Crippen LogP contribution in [0.2, 0.25) is 0 Å². The molecule has 0 spiro atoms. The fraction of sp³-hybridized carbons (Fsp3) is 0.500. The third kappa shape index (κ3) is 6.07. The second-order valence-electron chi connectivity index (χ2n) is 4.17. The zero-order chi connectivity index (χ0) is 14.1. The van der Waals surface area contributed by atoms with Gasteiger partial charge >= 0.3 is 0 Å². The minimum atomic E-state index is 0.146. The van der Waals surface area contributed by atoms with Gasteiger partial charge in [-0.25, -0.2) is 0 Å². The number of nitrogens with two attached hydrogens (primary N) is 1. The van der Waals surface area contributed by atoms with Crippen molar-refractivity contribution in [2.45, 2.75) is 19.8 Å². The van der Waals surface area contributed by atoms with Crippen molar-refractivity contribution in [2.24, 2.45) is 5.73 Å². The number of hydrogen-bond donors (Lipinski definition) is 1. The topological polar surface area (TPSA) is 55.6 Å². The molecule has 0 aliphatic carbocycles. The second-order valence-corrected chi connectivity index (χ2v) is 5.08. The molecule has 1 rings (SSSR count). The molecule has 1 aromatic carbocycles. The highest BCUT2D eigenvalue weighted by Gasteiger charge is 2.10. The summed E-state index contributed by atoms with van der Waals surface area (Å²) in [6.45, 7) is 4.34. The molecular weight excluding hydrogens is 308 g/mol. The lowest BCUT2D eigenvalue weighted by Crippen LogP contribution is -2.34. The molecule has 0 heterocycles. The summed E-state index contributed by atoms with van der Waals surface area (Å²) >= 11 is 3.37. The number of benzene rings is 1. The average molecular weight is 329 g/mol. The number of amides is 1. The molecule has 0 saturated heterocycles. The summed E-state index contributed by atoms with van der Waals surface area (Å²) in [6, 6.07) is 7.66. The van der Waals surface area contributed by atoms with E-state index in [4.69, 9.17) is 10.5 Å². The van der Waals surface area contributed by atoms with Crippen molar-refractivity contribution in [1.82, 2.24) is 4.90 Å². The van der Waals surface area contributed by atoms with Crippen LogP contribution in [-0.4, -0.2) is 37.0 Å². The third-order valence-electron chi connectivity index (χ3n) is 2.77. The van der Waals surface area contributed by atoms with Crippen LogP contribution in [0.3, 0.4) is 0 Å². The molecule has 5 heteroatoms. The summed E-state index contributed by atoms with van der Waals surface area (Å²) in [5.41, 5.74) is 5.41. The number of hydrogen-bond acceptors (Lipinski definition) is 3. The van der Waals surface area contributed by atoms with E-state index in [0.717, 1.165) is 16.6 Å². The van der Waals surface area contributed by atoms with Crippen LogP contribution < -0.4 is 10.5 Å². The zero-order valence-electron chi connectivity index (χ0n) is 11.3. The molecule has 0 aromatic heterocycles. The molecule has 0 unspecified atom stereocenters. The van der Waals surface area contributed by atoms with E-state index in [-0.39, 0.29) is 5.91 Å². The lowest BCUT2D eigenvalue weighted by atomic mass is 10.2. The number of ether oxygens (including phenoxy) is 1. The van der Waals surface area contributed by atoms with Crippen LogP contribution >= 0.6 is 15.9 Å². The minimum Gasteiger partial charge on any atom is -0.492 e. The second kappa shape index (κ2) is 8.93. The number of carbonyl (C=O) groups excluding carboxylic acids is 1. The van der Waals surface area contributed by atoms with E-state index in [0.29, 0.717) is 32.7 Å². The summed E-state index contributed by atoms with van der Waals surface area (Å²) < 4.78 is 6.63. The van der Waals surface area contributed by atoms with E-state index >= 15 is 0 Å². The standard InChI is InChI=1S/C14H21BrN2O2/c1-2-17(14(18)4-3-9-16)10-11-19-13-7-5-12(15)6-8-13/h5-8H,2-4,9-11,16H2,1H3. The van der Waals surface area contributed by atoms with E-state index in [9.17, 15) is 4.79 Å². The Kier molecular flexibility index (Phi) is 7.52. The Morgan fingerprint density at radius 3 is 2.63 bits per heavy atom. The first-order chi connectivity index (χ1) is 9.17. The van der Waals surface area contributed by atoms with E-state index < -0.39 is 0 Å². The monoisotopic (exact) mass is 328 g/mol. The first-order valence-electron chi connectivity index (χ1n) is 6.53. The van der Waals surface area contributed by atoms with Gasteiger partial charge < -0.3 is 15.4 Å². The van der Waals surface area contributed by atoms with Gasteiger partial charge in [0.1, 0.15) is 12.4 Å². The number of nitrogens with zero attached hydrogens (tertiary/aromatic N) is 1. The molecule has 0 aliphatic heterocycles. The predicted octanol–water partition coefficient (Wildman–Crippen LogP) is 2.42. The smallest absolute Gasteiger partial charge is 0.222 e. The van der Waals surface area contributed by atoms with Crippen LogP contribution in [0.4, 0.5) is 0 Å². The van der Waals surface area contributed by atoms with Crippen molar-refractivity contribution in [3.63, 3.8) is 0 Å².